The van der Waals surface area contributed by atoms with Crippen LogP contribution in [0.2, 0.25) is 0 Å². The van der Waals surface area contributed by atoms with Gasteiger partial charge in [0.25, 0.3) is 0 Å². The third-order valence-corrected chi connectivity index (χ3v) is 5.67. The zero-order chi connectivity index (χ0) is 19.9. The van der Waals surface area contributed by atoms with Crippen molar-refractivity contribution in [3.8, 4) is 0 Å². The molecular formula is C24H30N2O2. The van der Waals surface area contributed by atoms with Crippen LogP contribution < -0.4 is 4.90 Å². The first-order valence-electron chi connectivity index (χ1n) is 10.2. The van der Waals surface area contributed by atoms with E-state index in [4.69, 9.17) is 0 Å². The van der Waals surface area contributed by atoms with Gasteiger partial charge < -0.3 is 9.80 Å². The van der Waals surface area contributed by atoms with Crippen molar-refractivity contribution in [2.75, 3.05) is 24.5 Å². The number of aryl methyl sites for hydroxylation is 1. The topological polar surface area (TPSA) is 40.6 Å². The van der Waals surface area contributed by atoms with E-state index in [9.17, 15) is 9.59 Å². The van der Waals surface area contributed by atoms with Gasteiger partial charge in [-0.3, -0.25) is 9.59 Å². The van der Waals surface area contributed by atoms with Crippen LogP contribution in [-0.2, 0) is 16.0 Å². The summed E-state index contributed by atoms with van der Waals surface area (Å²) in [5, 5.41) is 0. The molecule has 148 valence electrons. The minimum atomic E-state index is -0.0244. The number of hydrogen-bond acceptors (Lipinski definition) is 2. The Hall–Kier alpha value is -2.62. The number of nitrogens with zero attached hydrogens (tertiary/aromatic N) is 2. The van der Waals surface area contributed by atoms with Crippen LogP contribution in [-0.4, -0.2) is 36.3 Å². The number of anilines is 1. The molecule has 0 spiro atoms. The summed E-state index contributed by atoms with van der Waals surface area (Å²) in [5.74, 6) is 0.772. The fourth-order valence-corrected chi connectivity index (χ4v) is 4.01. The van der Waals surface area contributed by atoms with E-state index in [-0.39, 0.29) is 11.8 Å². The molecule has 1 fully saturated rings. The Labute approximate surface area is 168 Å². The van der Waals surface area contributed by atoms with Crippen molar-refractivity contribution >= 4 is 17.5 Å². The van der Waals surface area contributed by atoms with E-state index < -0.39 is 0 Å². The van der Waals surface area contributed by atoms with Gasteiger partial charge in [-0.1, -0.05) is 48.5 Å². The maximum atomic E-state index is 12.7. The van der Waals surface area contributed by atoms with Crippen LogP contribution in [0.3, 0.4) is 0 Å². The molecule has 0 aliphatic carbocycles. The molecule has 2 aromatic carbocycles. The monoisotopic (exact) mass is 378 g/mol. The number of likely N-dealkylation sites (tertiary alicyclic amines) is 1. The minimum Gasteiger partial charge on any atom is -0.343 e. The summed E-state index contributed by atoms with van der Waals surface area (Å²) in [6.45, 7) is 5.63. The SMILES string of the molecule is CC(=O)N(CCC(=O)N1CCC(Cc2ccccc2)CC1)c1ccccc1C. The highest BCUT2D eigenvalue weighted by Gasteiger charge is 2.24. The maximum absolute atomic E-state index is 12.7. The lowest BCUT2D eigenvalue weighted by molar-refractivity contribution is -0.132. The van der Waals surface area contributed by atoms with Crippen LogP contribution in [0, 0.1) is 12.8 Å². The molecule has 1 aliphatic rings. The Morgan fingerprint density at radius 1 is 1.00 bits per heavy atom. The van der Waals surface area contributed by atoms with Crippen molar-refractivity contribution in [2.24, 2.45) is 5.92 Å². The zero-order valence-corrected chi connectivity index (χ0v) is 16.9. The normalized spacial score (nSPS) is 14.7. The molecule has 0 saturated carbocycles. The highest BCUT2D eigenvalue weighted by molar-refractivity contribution is 5.93. The lowest BCUT2D eigenvalue weighted by atomic mass is 9.90. The minimum absolute atomic E-state index is 0.0244. The third-order valence-electron chi connectivity index (χ3n) is 5.67. The predicted octanol–water partition coefficient (Wildman–Crippen LogP) is 4.22. The van der Waals surface area contributed by atoms with Crippen LogP contribution in [0.5, 0.6) is 0 Å². The number of benzene rings is 2. The van der Waals surface area contributed by atoms with Crippen molar-refractivity contribution < 1.29 is 9.59 Å². The van der Waals surface area contributed by atoms with Crippen molar-refractivity contribution in [1.29, 1.82) is 0 Å². The molecule has 2 amide bonds. The van der Waals surface area contributed by atoms with E-state index in [1.807, 2.05) is 42.2 Å². The molecule has 0 unspecified atom stereocenters. The van der Waals surface area contributed by atoms with E-state index >= 15 is 0 Å². The van der Waals surface area contributed by atoms with Gasteiger partial charge in [0.1, 0.15) is 0 Å². The van der Waals surface area contributed by atoms with Crippen LogP contribution in [0.25, 0.3) is 0 Å². The van der Waals surface area contributed by atoms with Gasteiger partial charge in [-0.25, -0.2) is 0 Å². The van der Waals surface area contributed by atoms with E-state index in [1.54, 1.807) is 11.8 Å². The predicted molar refractivity (Wildman–Crippen MR) is 113 cm³/mol. The van der Waals surface area contributed by atoms with E-state index in [0.717, 1.165) is 43.6 Å². The lowest BCUT2D eigenvalue weighted by Gasteiger charge is -2.33. The molecule has 0 bridgehead atoms. The van der Waals surface area contributed by atoms with Gasteiger partial charge in [0.2, 0.25) is 11.8 Å². The van der Waals surface area contributed by atoms with Crippen molar-refractivity contribution in [2.45, 2.75) is 39.5 Å². The van der Waals surface area contributed by atoms with Gasteiger partial charge >= 0.3 is 0 Å². The highest BCUT2D eigenvalue weighted by Crippen LogP contribution is 2.23. The summed E-state index contributed by atoms with van der Waals surface area (Å²) in [7, 11) is 0. The number of amides is 2. The number of piperidine rings is 1. The Morgan fingerprint density at radius 3 is 2.29 bits per heavy atom. The van der Waals surface area contributed by atoms with Crippen LogP contribution in [0.4, 0.5) is 5.69 Å². The third kappa shape index (κ3) is 5.22. The molecule has 4 nitrogen and oxygen atoms in total. The molecule has 1 aliphatic heterocycles. The number of carbonyl (C=O) groups excluding carboxylic acids is 2. The van der Waals surface area contributed by atoms with Crippen LogP contribution in [0.15, 0.2) is 54.6 Å². The van der Waals surface area contributed by atoms with Gasteiger partial charge in [0.05, 0.1) is 0 Å². The van der Waals surface area contributed by atoms with Crippen LogP contribution in [0.1, 0.15) is 37.3 Å². The summed E-state index contributed by atoms with van der Waals surface area (Å²) in [6.07, 6.45) is 3.56. The molecule has 0 atom stereocenters. The number of hydrogen-bond donors (Lipinski definition) is 0. The van der Waals surface area contributed by atoms with Gasteiger partial charge in [-0.2, -0.15) is 0 Å². The quantitative estimate of drug-likeness (QED) is 0.755. The Morgan fingerprint density at radius 2 is 1.64 bits per heavy atom. The molecule has 2 aromatic rings. The van der Waals surface area contributed by atoms with Crippen molar-refractivity contribution in [1.82, 2.24) is 4.90 Å². The number of para-hydroxylation sites is 1. The second-order valence-electron chi connectivity index (χ2n) is 7.72. The second kappa shape index (κ2) is 9.54. The van der Waals surface area contributed by atoms with E-state index in [0.29, 0.717) is 18.9 Å². The summed E-state index contributed by atoms with van der Waals surface area (Å²) in [4.78, 5) is 28.5. The largest absolute Gasteiger partial charge is 0.343 e. The Bertz CT molecular complexity index is 795. The molecule has 1 heterocycles. The fourth-order valence-electron chi connectivity index (χ4n) is 4.01. The molecule has 28 heavy (non-hydrogen) atoms. The second-order valence-corrected chi connectivity index (χ2v) is 7.72. The molecule has 1 saturated heterocycles. The lowest BCUT2D eigenvalue weighted by Crippen LogP contribution is -2.41. The Balaban J connectivity index is 1.50. The average molecular weight is 379 g/mol. The molecule has 0 aromatic heterocycles. The molecule has 0 radical (unpaired) electrons. The fraction of sp³-hybridized carbons (Fsp3) is 0.417. The average Bonchev–Trinajstić information content (AvgIpc) is 2.70. The van der Waals surface area contributed by atoms with E-state index in [2.05, 4.69) is 24.3 Å². The molecular weight excluding hydrogens is 348 g/mol. The van der Waals surface area contributed by atoms with Crippen molar-refractivity contribution in [3.63, 3.8) is 0 Å². The summed E-state index contributed by atoms with van der Waals surface area (Å²) in [6, 6.07) is 18.4. The van der Waals surface area contributed by atoms with Gasteiger partial charge in [-0.15, -0.1) is 0 Å². The van der Waals surface area contributed by atoms with E-state index in [1.165, 1.54) is 5.56 Å². The number of rotatable bonds is 6. The van der Waals surface area contributed by atoms with Gasteiger partial charge in [0, 0.05) is 38.7 Å². The first kappa shape index (κ1) is 20.1. The standard InChI is InChI=1S/C24H30N2O2/c1-19-8-6-7-11-23(19)26(20(2)27)17-14-24(28)25-15-12-22(13-16-25)18-21-9-4-3-5-10-21/h3-11,22H,12-18H2,1-2H3. The summed E-state index contributed by atoms with van der Waals surface area (Å²) >= 11 is 0. The zero-order valence-electron chi connectivity index (χ0n) is 16.9. The van der Waals surface area contributed by atoms with Crippen LogP contribution >= 0.6 is 0 Å². The smallest absolute Gasteiger partial charge is 0.224 e. The maximum Gasteiger partial charge on any atom is 0.224 e. The number of carbonyl (C=O) groups is 2. The van der Waals surface area contributed by atoms with Gasteiger partial charge in [-0.05, 0) is 49.3 Å². The van der Waals surface area contributed by atoms with Crippen molar-refractivity contribution in [3.05, 3.63) is 65.7 Å². The summed E-state index contributed by atoms with van der Waals surface area (Å²) < 4.78 is 0. The van der Waals surface area contributed by atoms with Gasteiger partial charge in [0.15, 0.2) is 0 Å². The molecule has 0 N–H and O–H groups in total. The molecule has 3 rings (SSSR count). The highest BCUT2D eigenvalue weighted by atomic mass is 16.2. The summed E-state index contributed by atoms with van der Waals surface area (Å²) in [5.41, 5.74) is 3.32. The Kier molecular flexibility index (Phi) is 6.85. The first-order chi connectivity index (χ1) is 13.5. The molecule has 4 heteroatoms. The first-order valence-corrected chi connectivity index (χ1v) is 10.2.